The number of rotatable bonds is 8. The summed E-state index contributed by atoms with van der Waals surface area (Å²) in [5, 5.41) is 19.7. The van der Waals surface area contributed by atoms with E-state index in [2.05, 4.69) is 5.32 Å². The third-order valence-electron chi connectivity index (χ3n) is 2.96. The van der Waals surface area contributed by atoms with E-state index in [4.69, 9.17) is 15.9 Å². The largest absolute Gasteiger partial charge is 0.481 e. The van der Waals surface area contributed by atoms with Gasteiger partial charge in [-0.05, 0) is 19.3 Å². The summed E-state index contributed by atoms with van der Waals surface area (Å²) in [5.74, 6) is -2.94. The number of carbonyl (C=O) groups is 3. The maximum absolute atomic E-state index is 11.8. The van der Waals surface area contributed by atoms with Crippen molar-refractivity contribution in [3.8, 4) is 0 Å². The lowest BCUT2D eigenvalue weighted by molar-refractivity contribution is -0.144. The number of hydrogen-bond acceptors (Lipinski definition) is 4. The summed E-state index contributed by atoms with van der Waals surface area (Å²) in [4.78, 5) is 33.1. The average Bonchev–Trinajstić information content (AvgIpc) is 2.32. The lowest BCUT2D eigenvalue weighted by Gasteiger charge is -2.27. The number of amides is 1. The minimum Gasteiger partial charge on any atom is -0.481 e. The number of carboxylic acids is 2. The molecule has 7 nitrogen and oxygen atoms in total. The molecule has 0 aliphatic heterocycles. The Morgan fingerprint density at radius 2 is 1.72 bits per heavy atom. The van der Waals surface area contributed by atoms with Gasteiger partial charge in [0.05, 0.1) is 5.54 Å². The molecule has 0 rings (SSSR count). The summed E-state index contributed by atoms with van der Waals surface area (Å²) in [6.45, 7) is 3.46. The Labute approximate surface area is 105 Å². The maximum atomic E-state index is 11.8. The molecule has 0 aliphatic rings. The summed E-state index contributed by atoms with van der Waals surface area (Å²) in [6, 6.07) is -1.23. The van der Waals surface area contributed by atoms with Crippen molar-refractivity contribution in [3.05, 3.63) is 0 Å². The van der Waals surface area contributed by atoms with Gasteiger partial charge in [-0.2, -0.15) is 0 Å². The minimum atomic E-state index is -1.26. The molecule has 0 spiro atoms. The second-order valence-electron chi connectivity index (χ2n) is 4.16. The SMILES string of the molecule is CCC(N)(CC)C(=O)NC(CCC(=O)O)C(=O)O. The van der Waals surface area contributed by atoms with Gasteiger partial charge in [-0.15, -0.1) is 0 Å². The molecule has 0 heterocycles. The first-order valence-electron chi connectivity index (χ1n) is 5.81. The predicted octanol–water partition coefficient (Wildman–Crippen LogP) is -0.0619. The van der Waals surface area contributed by atoms with Crippen LogP contribution in [0.3, 0.4) is 0 Å². The molecule has 0 fully saturated rings. The second-order valence-corrected chi connectivity index (χ2v) is 4.16. The highest BCUT2D eigenvalue weighted by Gasteiger charge is 2.33. The van der Waals surface area contributed by atoms with Crippen molar-refractivity contribution in [2.45, 2.75) is 51.1 Å². The molecule has 1 unspecified atom stereocenters. The molecule has 18 heavy (non-hydrogen) atoms. The van der Waals surface area contributed by atoms with Gasteiger partial charge in [-0.1, -0.05) is 13.8 Å². The van der Waals surface area contributed by atoms with Crippen LogP contribution < -0.4 is 11.1 Å². The van der Waals surface area contributed by atoms with E-state index in [9.17, 15) is 14.4 Å². The molecule has 1 amide bonds. The van der Waals surface area contributed by atoms with Crippen LogP contribution >= 0.6 is 0 Å². The number of carboxylic acid groups (broad SMARTS) is 2. The number of nitrogens with one attached hydrogen (secondary N) is 1. The minimum absolute atomic E-state index is 0.167. The molecule has 1 atom stereocenters. The van der Waals surface area contributed by atoms with Crippen LogP contribution in [0, 0.1) is 0 Å². The first-order chi connectivity index (χ1) is 8.26. The third kappa shape index (κ3) is 4.70. The van der Waals surface area contributed by atoms with E-state index < -0.39 is 29.4 Å². The molecule has 0 aromatic heterocycles. The lowest BCUT2D eigenvalue weighted by Crippen LogP contribution is -2.56. The van der Waals surface area contributed by atoms with Gasteiger partial charge in [-0.25, -0.2) is 4.79 Å². The molecular formula is C11H20N2O5. The van der Waals surface area contributed by atoms with Crippen molar-refractivity contribution >= 4 is 17.8 Å². The highest BCUT2D eigenvalue weighted by atomic mass is 16.4. The van der Waals surface area contributed by atoms with Crippen LogP contribution in [0.25, 0.3) is 0 Å². The molecule has 7 heteroatoms. The molecule has 0 bridgehead atoms. The van der Waals surface area contributed by atoms with Crippen LogP contribution in [0.5, 0.6) is 0 Å². The average molecular weight is 260 g/mol. The Balaban J connectivity index is 4.63. The van der Waals surface area contributed by atoms with Gasteiger partial charge in [0.1, 0.15) is 6.04 Å². The molecule has 0 aromatic rings. The van der Waals surface area contributed by atoms with E-state index in [1.165, 1.54) is 0 Å². The molecule has 0 saturated carbocycles. The monoisotopic (exact) mass is 260 g/mol. The summed E-state index contributed by atoms with van der Waals surface area (Å²) in [5.41, 5.74) is 4.71. The third-order valence-corrected chi connectivity index (χ3v) is 2.96. The fourth-order valence-electron chi connectivity index (χ4n) is 1.40. The van der Waals surface area contributed by atoms with E-state index in [0.29, 0.717) is 12.8 Å². The lowest BCUT2D eigenvalue weighted by atomic mass is 9.92. The van der Waals surface area contributed by atoms with E-state index in [1.807, 2.05) is 0 Å². The highest BCUT2D eigenvalue weighted by Crippen LogP contribution is 2.12. The van der Waals surface area contributed by atoms with Crippen LogP contribution in [0.4, 0.5) is 0 Å². The topological polar surface area (TPSA) is 130 Å². The Kier molecular flexibility index (Phi) is 6.32. The van der Waals surface area contributed by atoms with Gasteiger partial charge in [0.25, 0.3) is 0 Å². The number of carbonyl (C=O) groups excluding carboxylic acids is 1. The number of nitrogens with two attached hydrogens (primary N) is 1. The number of hydrogen-bond donors (Lipinski definition) is 4. The zero-order valence-corrected chi connectivity index (χ0v) is 10.6. The van der Waals surface area contributed by atoms with E-state index in [0.717, 1.165) is 0 Å². The summed E-state index contributed by atoms with van der Waals surface area (Å²) < 4.78 is 0. The van der Waals surface area contributed by atoms with Crippen molar-refractivity contribution in [1.29, 1.82) is 0 Å². The van der Waals surface area contributed by atoms with E-state index in [-0.39, 0.29) is 12.8 Å². The summed E-state index contributed by atoms with van der Waals surface area (Å²) >= 11 is 0. The number of aliphatic carboxylic acids is 2. The van der Waals surface area contributed by atoms with Crippen molar-refractivity contribution < 1.29 is 24.6 Å². The highest BCUT2D eigenvalue weighted by molar-refractivity contribution is 5.90. The Bertz CT molecular complexity index is 325. The van der Waals surface area contributed by atoms with Crippen LogP contribution in [-0.4, -0.2) is 39.6 Å². The van der Waals surface area contributed by atoms with E-state index in [1.54, 1.807) is 13.8 Å². The van der Waals surface area contributed by atoms with Crippen molar-refractivity contribution in [2.75, 3.05) is 0 Å². The Morgan fingerprint density at radius 1 is 1.22 bits per heavy atom. The quantitative estimate of drug-likeness (QED) is 0.483. The molecule has 0 aromatic carbocycles. The van der Waals surface area contributed by atoms with E-state index >= 15 is 0 Å². The van der Waals surface area contributed by atoms with Gasteiger partial charge in [0.15, 0.2) is 0 Å². The molecular weight excluding hydrogens is 240 g/mol. The standard InChI is InChI=1S/C11H20N2O5/c1-3-11(12,4-2)10(18)13-7(9(16)17)5-6-8(14)15/h7H,3-6,12H2,1-2H3,(H,13,18)(H,14,15)(H,16,17). The maximum Gasteiger partial charge on any atom is 0.326 e. The van der Waals surface area contributed by atoms with Gasteiger partial charge >= 0.3 is 11.9 Å². The molecule has 0 radical (unpaired) electrons. The van der Waals surface area contributed by atoms with Gasteiger partial charge in [0, 0.05) is 6.42 Å². The fraction of sp³-hybridized carbons (Fsp3) is 0.727. The molecule has 0 aliphatic carbocycles. The molecule has 0 saturated heterocycles. The van der Waals surface area contributed by atoms with Crippen molar-refractivity contribution in [2.24, 2.45) is 5.73 Å². The smallest absolute Gasteiger partial charge is 0.326 e. The van der Waals surface area contributed by atoms with Crippen molar-refractivity contribution in [1.82, 2.24) is 5.32 Å². The van der Waals surface area contributed by atoms with Crippen LogP contribution in [0.2, 0.25) is 0 Å². The predicted molar refractivity (Wildman–Crippen MR) is 63.9 cm³/mol. The van der Waals surface area contributed by atoms with Crippen LogP contribution in [-0.2, 0) is 14.4 Å². The Morgan fingerprint density at radius 3 is 2.06 bits per heavy atom. The van der Waals surface area contributed by atoms with Crippen LogP contribution in [0.1, 0.15) is 39.5 Å². The zero-order valence-electron chi connectivity index (χ0n) is 10.6. The fourth-order valence-corrected chi connectivity index (χ4v) is 1.40. The molecule has 104 valence electrons. The Hall–Kier alpha value is -1.63. The van der Waals surface area contributed by atoms with Crippen molar-refractivity contribution in [3.63, 3.8) is 0 Å². The second kappa shape index (κ2) is 6.95. The van der Waals surface area contributed by atoms with Crippen LogP contribution in [0.15, 0.2) is 0 Å². The van der Waals surface area contributed by atoms with Gasteiger partial charge in [0.2, 0.25) is 5.91 Å². The summed E-state index contributed by atoms with van der Waals surface area (Å²) in [7, 11) is 0. The first kappa shape index (κ1) is 16.4. The zero-order chi connectivity index (χ0) is 14.3. The normalized spacial score (nSPS) is 12.8. The van der Waals surface area contributed by atoms with Gasteiger partial charge < -0.3 is 21.3 Å². The summed E-state index contributed by atoms with van der Waals surface area (Å²) in [6.07, 6.45) is 0.258. The molecule has 5 N–H and O–H groups in total. The van der Waals surface area contributed by atoms with Gasteiger partial charge in [-0.3, -0.25) is 9.59 Å². The first-order valence-corrected chi connectivity index (χ1v) is 5.81.